The molecule has 1 saturated carbocycles. The molecule has 3 aromatic rings. The summed E-state index contributed by atoms with van der Waals surface area (Å²) in [6, 6.07) is 21.8. The molecule has 6 heteroatoms. The summed E-state index contributed by atoms with van der Waals surface area (Å²) in [5.74, 6) is -0.0870. The molecule has 5 rings (SSSR count). The van der Waals surface area contributed by atoms with Crippen molar-refractivity contribution < 1.29 is 9.59 Å². The monoisotopic (exact) mass is 454 g/mol. The highest BCUT2D eigenvalue weighted by Gasteiger charge is 2.27. The maximum absolute atomic E-state index is 13.1. The second-order valence-electron chi connectivity index (χ2n) is 9.05. The van der Waals surface area contributed by atoms with Gasteiger partial charge in [0.05, 0.1) is 5.56 Å². The molecule has 174 valence electrons. The molecule has 1 heterocycles. The van der Waals surface area contributed by atoms with Gasteiger partial charge in [0.2, 0.25) is 0 Å². The van der Waals surface area contributed by atoms with Gasteiger partial charge >= 0.3 is 6.03 Å². The van der Waals surface area contributed by atoms with Crippen molar-refractivity contribution in [2.75, 3.05) is 22.1 Å². The van der Waals surface area contributed by atoms with Gasteiger partial charge in [0, 0.05) is 36.2 Å². The number of benzene rings is 3. The van der Waals surface area contributed by atoms with Gasteiger partial charge < -0.3 is 20.9 Å². The Bertz CT molecular complexity index is 1220. The molecule has 0 saturated heterocycles. The number of nitrogens with zero attached hydrogens (tertiary/aromatic N) is 1. The topological polar surface area (TPSA) is 73.5 Å². The van der Waals surface area contributed by atoms with Gasteiger partial charge in [0.25, 0.3) is 5.91 Å². The zero-order valence-electron chi connectivity index (χ0n) is 19.4. The van der Waals surface area contributed by atoms with E-state index in [4.69, 9.17) is 0 Å². The van der Waals surface area contributed by atoms with E-state index in [2.05, 4.69) is 52.0 Å². The molecule has 0 atom stereocenters. The van der Waals surface area contributed by atoms with Crippen molar-refractivity contribution in [1.82, 2.24) is 5.32 Å². The van der Waals surface area contributed by atoms with Crippen molar-refractivity contribution in [2.24, 2.45) is 0 Å². The first kappa shape index (κ1) is 22.0. The molecule has 0 spiro atoms. The number of hydrogen-bond donors (Lipinski definition) is 3. The highest BCUT2D eigenvalue weighted by Crippen LogP contribution is 2.30. The fraction of sp³-hybridized carbons (Fsp3) is 0.286. The number of fused-ring (bicyclic) bond motifs is 1. The van der Waals surface area contributed by atoms with Crippen LogP contribution in [0.25, 0.3) is 0 Å². The van der Waals surface area contributed by atoms with E-state index in [1.165, 1.54) is 11.1 Å². The zero-order valence-corrected chi connectivity index (χ0v) is 19.4. The van der Waals surface area contributed by atoms with Crippen LogP contribution in [0, 0.1) is 0 Å². The molecule has 1 aliphatic heterocycles. The van der Waals surface area contributed by atoms with Crippen LogP contribution < -0.4 is 20.9 Å². The number of amides is 3. The molecule has 0 radical (unpaired) electrons. The largest absolute Gasteiger partial charge is 0.366 e. The number of rotatable bonds is 6. The van der Waals surface area contributed by atoms with E-state index in [0.717, 1.165) is 55.7 Å². The van der Waals surface area contributed by atoms with Crippen molar-refractivity contribution in [3.63, 3.8) is 0 Å². The van der Waals surface area contributed by atoms with Crippen molar-refractivity contribution >= 4 is 29.0 Å². The quantitative estimate of drug-likeness (QED) is 0.470. The summed E-state index contributed by atoms with van der Waals surface area (Å²) in [6.07, 6.45) is 3.89. The van der Waals surface area contributed by atoms with Crippen LogP contribution in [0.3, 0.4) is 0 Å². The summed E-state index contributed by atoms with van der Waals surface area (Å²) in [5, 5.41) is 8.88. The Kier molecular flexibility index (Phi) is 6.21. The van der Waals surface area contributed by atoms with Crippen LogP contribution in [0.5, 0.6) is 0 Å². The van der Waals surface area contributed by atoms with E-state index in [9.17, 15) is 9.59 Å². The first-order valence-electron chi connectivity index (χ1n) is 12.0. The van der Waals surface area contributed by atoms with Gasteiger partial charge in [0.1, 0.15) is 0 Å². The van der Waals surface area contributed by atoms with Crippen LogP contribution in [-0.2, 0) is 19.4 Å². The maximum Gasteiger partial charge on any atom is 0.323 e. The normalized spacial score (nSPS) is 14.8. The summed E-state index contributed by atoms with van der Waals surface area (Å²) in [6.45, 7) is 3.69. The summed E-state index contributed by atoms with van der Waals surface area (Å²) >= 11 is 0. The third-order valence-electron chi connectivity index (χ3n) is 6.48. The number of hydrogen-bond acceptors (Lipinski definition) is 3. The standard InChI is InChI=1S/C28H30N4O2/c1-2-19-6-5-9-23(16-19)30-28(34)31-24-12-13-26(25(17-24)27(33)29-22-10-11-22)32-15-14-20-7-3-4-8-21(20)18-32/h3-9,12-13,16-17,22H,2,10-11,14-15,18H2,1H3,(H,29,33)(H2,30,31,34). The average molecular weight is 455 g/mol. The van der Waals surface area contributed by atoms with E-state index in [-0.39, 0.29) is 18.0 Å². The van der Waals surface area contributed by atoms with Crippen LogP contribution in [0.2, 0.25) is 0 Å². The number of nitrogens with one attached hydrogen (secondary N) is 3. The molecular weight excluding hydrogens is 424 g/mol. The number of carbonyl (C=O) groups excluding carboxylic acids is 2. The van der Waals surface area contributed by atoms with Crippen molar-refractivity contribution in [2.45, 2.75) is 45.2 Å². The Labute approximate surface area is 200 Å². The van der Waals surface area contributed by atoms with Gasteiger partial charge in [-0.15, -0.1) is 0 Å². The molecule has 1 fully saturated rings. The van der Waals surface area contributed by atoms with Crippen LogP contribution in [0.1, 0.15) is 46.8 Å². The molecule has 1 aliphatic carbocycles. The number of anilines is 3. The minimum Gasteiger partial charge on any atom is -0.366 e. The summed E-state index contributed by atoms with van der Waals surface area (Å²) < 4.78 is 0. The van der Waals surface area contributed by atoms with Crippen molar-refractivity contribution in [3.05, 3.63) is 89.0 Å². The highest BCUT2D eigenvalue weighted by atomic mass is 16.2. The van der Waals surface area contributed by atoms with Crippen LogP contribution in [-0.4, -0.2) is 24.5 Å². The fourth-order valence-corrected chi connectivity index (χ4v) is 4.43. The zero-order chi connectivity index (χ0) is 23.5. The van der Waals surface area contributed by atoms with Gasteiger partial charge in [-0.3, -0.25) is 4.79 Å². The Balaban J connectivity index is 1.36. The molecule has 2 aliphatic rings. The van der Waals surface area contributed by atoms with E-state index >= 15 is 0 Å². The molecule has 34 heavy (non-hydrogen) atoms. The molecule has 3 N–H and O–H groups in total. The van der Waals surface area contributed by atoms with E-state index < -0.39 is 0 Å². The van der Waals surface area contributed by atoms with E-state index in [1.807, 2.05) is 36.4 Å². The van der Waals surface area contributed by atoms with Gasteiger partial charge in [0.15, 0.2) is 0 Å². The second-order valence-corrected chi connectivity index (χ2v) is 9.05. The third-order valence-corrected chi connectivity index (χ3v) is 6.48. The lowest BCUT2D eigenvalue weighted by molar-refractivity contribution is 0.0951. The SMILES string of the molecule is CCc1cccc(NC(=O)Nc2ccc(N3CCc4ccccc4C3)c(C(=O)NC3CC3)c2)c1. The molecule has 0 unspecified atom stereocenters. The Morgan fingerprint density at radius 2 is 1.68 bits per heavy atom. The molecule has 3 amide bonds. The first-order valence-corrected chi connectivity index (χ1v) is 12.0. The lowest BCUT2D eigenvalue weighted by atomic mass is 9.98. The minimum absolute atomic E-state index is 0.0870. The van der Waals surface area contributed by atoms with Crippen LogP contribution >= 0.6 is 0 Å². The number of urea groups is 1. The second kappa shape index (κ2) is 9.59. The van der Waals surface area contributed by atoms with Crippen molar-refractivity contribution in [3.8, 4) is 0 Å². The third kappa shape index (κ3) is 5.06. The van der Waals surface area contributed by atoms with Gasteiger partial charge in [-0.1, -0.05) is 43.3 Å². The predicted molar refractivity (Wildman–Crippen MR) is 137 cm³/mol. The predicted octanol–water partition coefficient (Wildman–Crippen LogP) is 5.35. The minimum atomic E-state index is -0.332. The summed E-state index contributed by atoms with van der Waals surface area (Å²) in [5.41, 5.74) is 6.64. The molecule has 0 bridgehead atoms. The molecular formula is C28H30N4O2. The van der Waals surface area contributed by atoms with Crippen LogP contribution in [0.15, 0.2) is 66.7 Å². The Morgan fingerprint density at radius 3 is 2.44 bits per heavy atom. The maximum atomic E-state index is 13.1. The van der Waals surface area contributed by atoms with E-state index in [1.54, 1.807) is 6.07 Å². The van der Waals surface area contributed by atoms with Crippen LogP contribution in [0.4, 0.5) is 21.9 Å². The summed E-state index contributed by atoms with van der Waals surface area (Å²) in [4.78, 5) is 28.0. The first-order chi connectivity index (χ1) is 16.6. The smallest absolute Gasteiger partial charge is 0.323 e. The number of aryl methyl sites for hydroxylation is 1. The Morgan fingerprint density at radius 1 is 0.912 bits per heavy atom. The van der Waals surface area contributed by atoms with E-state index in [0.29, 0.717) is 11.3 Å². The molecule has 0 aromatic heterocycles. The van der Waals surface area contributed by atoms with Gasteiger partial charge in [-0.25, -0.2) is 4.79 Å². The molecule has 6 nitrogen and oxygen atoms in total. The van der Waals surface area contributed by atoms with Crippen molar-refractivity contribution in [1.29, 1.82) is 0 Å². The highest BCUT2D eigenvalue weighted by molar-refractivity contribution is 6.04. The van der Waals surface area contributed by atoms with Gasteiger partial charge in [-0.2, -0.15) is 0 Å². The fourth-order valence-electron chi connectivity index (χ4n) is 4.43. The number of carbonyl (C=O) groups is 2. The lowest BCUT2D eigenvalue weighted by Gasteiger charge is -2.32. The summed E-state index contributed by atoms with van der Waals surface area (Å²) in [7, 11) is 0. The Hall–Kier alpha value is -3.80. The molecule has 3 aromatic carbocycles. The van der Waals surface area contributed by atoms with Gasteiger partial charge in [-0.05, 0) is 72.7 Å². The lowest BCUT2D eigenvalue weighted by Crippen LogP contribution is -2.33. The average Bonchev–Trinajstić information content (AvgIpc) is 3.67.